The second-order valence-corrected chi connectivity index (χ2v) is 15.1. The number of nitrogens with zero attached hydrogens (tertiary/aromatic N) is 9. The number of ether oxygens (including phenoxy) is 2. The van der Waals surface area contributed by atoms with Crippen LogP contribution in [-0.2, 0) is 15.0 Å². The predicted octanol–water partition coefficient (Wildman–Crippen LogP) is 4.37. The summed E-state index contributed by atoms with van der Waals surface area (Å²) in [7, 11) is 0. The van der Waals surface area contributed by atoms with Crippen molar-refractivity contribution in [2.24, 2.45) is 17.8 Å². The maximum absolute atomic E-state index is 13.3. The van der Waals surface area contributed by atoms with Crippen LogP contribution in [0.3, 0.4) is 0 Å². The highest BCUT2D eigenvalue weighted by molar-refractivity contribution is 5.69. The van der Waals surface area contributed by atoms with Crippen molar-refractivity contribution in [2.45, 2.75) is 76.5 Å². The van der Waals surface area contributed by atoms with Crippen molar-refractivity contribution in [3.8, 4) is 11.4 Å². The zero-order valence-electron chi connectivity index (χ0n) is 27.2. The topological polar surface area (TPSA) is 115 Å². The number of amides is 1. The third-order valence-corrected chi connectivity index (χ3v) is 10.5. The molecular formula is C34H45N9O3. The minimum atomic E-state index is -0.522. The highest BCUT2D eigenvalue weighted by atomic mass is 16.6. The quantitative estimate of drug-likeness (QED) is 0.357. The summed E-state index contributed by atoms with van der Waals surface area (Å²) in [5.41, 5.74) is 2.33. The van der Waals surface area contributed by atoms with Crippen LogP contribution in [0.2, 0.25) is 0 Å². The van der Waals surface area contributed by atoms with Crippen molar-refractivity contribution in [3.63, 3.8) is 0 Å². The van der Waals surface area contributed by atoms with E-state index in [1.807, 2.05) is 48.9 Å². The van der Waals surface area contributed by atoms with E-state index < -0.39 is 11.1 Å². The third-order valence-electron chi connectivity index (χ3n) is 10.5. The van der Waals surface area contributed by atoms with Crippen molar-refractivity contribution < 1.29 is 14.3 Å². The Labute approximate surface area is 270 Å². The molecule has 0 N–H and O–H groups in total. The minimum absolute atomic E-state index is 0.113. The van der Waals surface area contributed by atoms with E-state index in [1.165, 1.54) is 25.7 Å². The van der Waals surface area contributed by atoms with E-state index in [0.717, 1.165) is 80.3 Å². The smallest absolute Gasteiger partial charge is 0.410 e. The Morgan fingerprint density at radius 3 is 2.52 bits per heavy atom. The van der Waals surface area contributed by atoms with Gasteiger partial charge in [0.2, 0.25) is 0 Å². The van der Waals surface area contributed by atoms with Crippen molar-refractivity contribution in [2.75, 3.05) is 55.7 Å². The van der Waals surface area contributed by atoms with Crippen LogP contribution in [0.25, 0.3) is 11.4 Å². The monoisotopic (exact) mass is 627 g/mol. The lowest BCUT2D eigenvalue weighted by atomic mass is 9.84. The van der Waals surface area contributed by atoms with E-state index >= 15 is 0 Å². The van der Waals surface area contributed by atoms with Gasteiger partial charge >= 0.3 is 6.09 Å². The molecule has 244 valence electrons. The fourth-order valence-corrected chi connectivity index (χ4v) is 7.44. The standard InChI is InChI=1S/C34H45N9O3/c1-33(2,3)46-32(44)42(16-23-6-4-7-23)27-8-5-11-40(19-27)26-9-10-30(36-13-26)34(21-45-22-34)43-20-29(38-39-43)28-14-35-15-31(37-28)41-17-24-12-25(24)18-41/h9-10,13-15,20,23-25,27H,4-8,11-12,16-19,21-22H2,1-3H3/t24?,25?,27-/m1/s1. The molecule has 0 bridgehead atoms. The van der Waals surface area contributed by atoms with E-state index in [9.17, 15) is 4.79 Å². The molecule has 3 atom stereocenters. The average molecular weight is 628 g/mol. The van der Waals surface area contributed by atoms with Crippen molar-refractivity contribution in [1.82, 2.24) is 34.8 Å². The molecule has 8 rings (SSSR count). The molecule has 12 nitrogen and oxygen atoms in total. The number of aromatic nitrogens is 6. The molecule has 1 amide bonds. The molecule has 5 fully saturated rings. The number of piperidine rings is 2. The molecule has 5 aliphatic rings. The highest BCUT2D eigenvalue weighted by Crippen LogP contribution is 2.46. The Morgan fingerprint density at radius 1 is 1.02 bits per heavy atom. The number of hydrogen-bond acceptors (Lipinski definition) is 10. The summed E-state index contributed by atoms with van der Waals surface area (Å²) >= 11 is 0. The first-order chi connectivity index (χ1) is 22.2. The molecular weight excluding hydrogens is 582 g/mol. The van der Waals surface area contributed by atoms with Crippen LogP contribution in [0, 0.1) is 17.8 Å². The molecule has 0 spiro atoms. The molecule has 2 unspecified atom stereocenters. The van der Waals surface area contributed by atoms with Crippen molar-refractivity contribution in [3.05, 3.63) is 42.6 Å². The van der Waals surface area contributed by atoms with E-state index in [-0.39, 0.29) is 12.1 Å². The van der Waals surface area contributed by atoms with Crippen LogP contribution in [-0.4, -0.2) is 98.5 Å². The highest BCUT2D eigenvalue weighted by Gasteiger charge is 2.46. The zero-order chi connectivity index (χ0) is 31.5. The van der Waals surface area contributed by atoms with E-state index in [0.29, 0.717) is 24.8 Å². The van der Waals surface area contributed by atoms with Gasteiger partial charge in [-0.05, 0) is 82.8 Å². The second-order valence-electron chi connectivity index (χ2n) is 15.1. The number of rotatable bonds is 8. The number of anilines is 2. The van der Waals surface area contributed by atoms with Crippen molar-refractivity contribution >= 4 is 17.6 Å². The summed E-state index contributed by atoms with van der Waals surface area (Å²) < 4.78 is 13.5. The van der Waals surface area contributed by atoms with Gasteiger partial charge in [0.25, 0.3) is 0 Å². The molecule has 3 aromatic rings. The maximum atomic E-state index is 13.3. The molecule has 0 aromatic carbocycles. The van der Waals surface area contributed by atoms with Gasteiger partial charge in [-0.2, -0.15) is 0 Å². The Kier molecular flexibility index (Phi) is 7.38. The molecule has 2 saturated carbocycles. The lowest BCUT2D eigenvalue weighted by Gasteiger charge is -2.43. The van der Waals surface area contributed by atoms with Crippen LogP contribution in [0.5, 0.6) is 0 Å². The van der Waals surface area contributed by atoms with Gasteiger partial charge in [0.15, 0.2) is 5.54 Å². The summed E-state index contributed by atoms with van der Waals surface area (Å²) in [6.07, 6.45) is 14.3. The lowest BCUT2D eigenvalue weighted by molar-refractivity contribution is -0.0851. The van der Waals surface area contributed by atoms with Crippen LogP contribution >= 0.6 is 0 Å². The molecule has 3 aromatic heterocycles. The summed E-state index contributed by atoms with van der Waals surface area (Å²) in [6, 6.07) is 4.34. The Morgan fingerprint density at radius 2 is 1.85 bits per heavy atom. The minimum Gasteiger partial charge on any atom is -0.444 e. The third kappa shape index (κ3) is 5.69. The van der Waals surface area contributed by atoms with Gasteiger partial charge in [0, 0.05) is 32.7 Å². The van der Waals surface area contributed by atoms with Crippen LogP contribution in [0.4, 0.5) is 16.3 Å². The van der Waals surface area contributed by atoms with Crippen LogP contribution in [0.1, 0.15) is 65.0 Å². The number of hydrogen-bond donors (Lipinski definition) is 0. The first-order valence-corrected chi connectivity index (χ1v) is 17.0. The van der Waals surface area contributed by atoms with Crippen LogP contribution < -0.4 is 9.80 Å². The van der Waals surface area contributed by atoms with Gasteiger partial charge < -0.3 is 24.2 Å². The van der Waals surface area contributed by atoms with Gasteiger partial charge in [0.1, 0.15) is 22.8 Å². The van der Waals surface area contributed by atoms with E-state index in [4.69, 9.17) is 19.4 Å². The normalized spacial score (nSPS) is 25.4. The van der Waals surface area contributed by atoms with Gasteiger partial charge in [0.05, 0.1) is 55.4 Å². The number of fused-ring (bicyclic) bond motifs is 1. The Hall–Kier alpha value is -3.80. The molecule has 46 heavy (non-hydrogen) atoms. The SMILES string of the molecule is CC(C)(C)OC(=O)N(CC1CCC1)[C@@H]1CCCN(c2ccc(C3(n4cc(-c5cncc(N6CC7CC7C6)n5)nn4)COC3)nc2)C1. The second kappa shape index (κ2) is 11.5. The number of pyridine rings is 1. The van der Waals surface area contributed by atoms with Gasteiger partial charge in [-0.1, -0.05) is 11.6 Å². The summed E-state index contributed by atoms with van der Waals surface area (Å²) in [6.45, 7) is 11.4. The lowest BCUT2D eigenvalue weighted by Crippen LogP contribution is -2.54. The number of carbonyl (C=O) groups is 1. The average Bonchev–Trinajstić information content (AvgIpc) is 3.34. The zero-order valence-corrected chi connectivity index (χ0v) is 27.2. The molecule has 12 heteroatoms. The summed E-state index contributed by atoms with van der Waals surface area (Å²) in [5.74, 6) is 3.14. The largest absolute Gasteiger partial charge is 0.444 e. The molecule has 3 saturated heterocycles. The van der Waals surface area contributed by atoms with Crippen LogP contribution in [0.15, 0.2) is 36.9 Å². The molecule has 6 heterocycles. The first-order valence-electron chi connectivity index (χ1n) is 17.0. The predicted molar refractivity (Wildman–Crippen MR) is 173 cm³/mol. The van der Waals surface area contributed by atoms with E-state index in [2.05, 4.69) is 37.2 Å². The first kappa shape index (κ1) is 29.6. The summed E-state index contributed by atoms with van der Waals surface area (Å²) in [5, 5.41) is 9.03. The number of carbonyl (C=O) groups excluding carboxylic acids is 1. The Balaban J connectivity index is 0.973. The van der Waals surface area contributed by atoms with Gasteiger partial charge in [-0.15, -0.1) is 5.10 Å². The van der Waals surface area contributed by atoms with Gasteiger partial charge in [-0.3, -0.25) is 9.97 Å². The van der Waals surface area contributed by atoms with Crippen molar-refractivity contribution in [1.29, 1.82) is 0 Å². The molecule has 2 aliphatic carbocycles. The fourth-order valence-electron chi connectivity index (χ4n) is 7.44. The summed E-state index contributed by atoms with van der Waals surface area (Å²) in [4.78, 5) is 34.4. The Bertz CT molecular complexity index is 1550. The fraction of sp³-hybridized carbons (Fsp3) is 0.647. The van der Waals surface area contributed by atoms with Gasteiger partial charge in [-0.25, -0.2) is 14.5 Å². The molecule has 0 radical (unpaired) electrons. The maximum Gasteiger partial charge on any atom is 0.410 e. The molecule has 3 aliphatic heterocycles. The van der Waals surface area contributed by atoms with E-state index in [1.54, 1.807) is 6.20 Å².